The summed E-state index contributed by atoms with van der Waals surface area (Å²) in [5, 5.41) is 18.2. The fourth-order valence-corrected chi connectivity index (χ4v) is 1.77. The summed E-state index contributed by atoms with van der Waals surface area (Å²) in [6.07, 6.45) is 1.24. The van der Waals surface area contributed by atoms with E-state index in [0.29, 0.717) is 6.42 Å². The molecule has 1 aliphatic rings. The third-order valence-corrected chi connectivity index (χ3v) is 2.65. The van der Waals surface area contributed by atoms with Crippen LogP contribution in [0.2, 0.25) is 0 Å². The maximum absolute atomic E-state index is 9.51. The average molecular weight is 156 g/mol. The predicted octanol–water partition coefficient (Wildman–Crippen LogP) is 1.09. The van der Waals surface area contributed by atoms with Gasteiger partial charge in [0.1, 0.15) is 0 Å². The van der Waals surface area contributed by atoms with Gasteiger partial charge in [-0.1, -0.05) is 11.1 Å². The molecule has 0 aromatic heterocycles. The monoisotopic (exact) mass is 156 g/mol. The largest absolute Gasteiger partial charge is 0.396 e. The molecule has 0 aliphatic heterocycles. The van der Waals surface area contributed by atoms with Crippen molar-refractivity contribution in [1.82, 2.24) is 0 Å². The molecule has 2 heteroatoms. The van der Waals surface area contributed by atoms with E-state index in [4.69, 9.17) is 5.11 Å². The molecule has 2 unspecified atom stereocenters. The Hall–Kier alpha value is -0.340. The number of hydrogen-bond donors (Lipinski definition) is 2. The molecule has 2 N–H and O–H groups in total. The standard InChI is InChI=1S/C9H16O2/c1-6-5-9(11)8(3-4-10)7(6)2/h8-11H,3-5H2,1-2H3. The van der Waals surface area contributed by atoms with Crippen LogP contribution < -0.4 is 0 Å². The highest BCUT2D eigenvalue weighted by atomic mass is 16.3. The summed E-state index contributed by atoms with van der Waals surface area (Å²) >= 11 is 0. The zero-order chi connectivity index (χ0) is 8.43. The number of aliphatic hydroxyl groups is 2. The highest BCUT2D eigenvalue weighted by molar-refractivity contribution is 5.21. The van der Waals surface area contributed by atoms with Gasteiger partial charge in [-0.2, -0.15) is 0 Å². The summed E-state index contributed by atoms with van der Waals surface area (Å²) in [5.74, 6) is 0.208. The van der Waals surface area contributed by atoms with Crippen LogP contribution in [0.5, 0.6) is 0 Å². The molecule has 11 heavy (non-hydrogen) atoms. The zero-order valence-corrected chi connectivity index (χ0v) is 7.17. The molecule has 64 valence electrons. The molecule has 0 aromatic carbocycles. The van der Waals surface area contributed by atoms with E-state index in [-0.39, 0.29) is 18.6 Å². The maximum atomic E-state index is 9.51. The third kappa shape index (κ3) is 1.63. The van der Waals surface area contributed by atoms with Gasteiger partial charge in [-0.3, -0.25) is 0 Å². The van der Waals surface area contributed by atoms with Crippen LogP contribution in [-0.2, 0) is 0 Å². The quantitative estimate of drug-likeness (QED) is 0.587. The van der Waals surface area contributed by atoms with E-state index in [9.17, 15) is 5.11 Å². The van der Waals surface area contributed by atoms with Crippen molar-refractivity contribution in [1.29, 1.82) is 0 Å². The molecule has 0 heterocycles. The Morgan fingerprint density at radius 1 is 1.45 bits per heavy atom. The molecule has 0 bridgehead atoms. The lowest BCUT2D eigenvalue weighted by molar-refractivity contribution is 0.120. The van der Waals surface area contributed by atoms with Crippen LogP contribution in [0.1, 0.15) is 26.7 Å². The van der Waals surface area contributed by atoms with Crippen molar-refractivity contribution in [2.24, 2.45) is 5.92 Å². The van der Waals surface area contributed by atoms with Crippen LogP contribution in [0, 0.1) is 5.92 Å². The summed E-state index contributed by atoms with van der Waals surface area (Å²) in [5.41, 5.74) is 2.56. The lowest BCUT2D eigenvalue weighted by Gasteiger charge is -2.14. The molecule has 0 saturated carbocycles. The molecule has 1 rings (SSSR count). The fraction of sp³-hybridized carbons (Fsp3) is 0.778. The summed E-state index contributed by atoms with van der Waals surface area (Å²) < 4.78 is 0. The first-order valence-corrected chi connectivity index (χ1v) is 4.12. The molecule has 0 spiro atoms. The first kappa shape index (κ1) is 8.75. The van der Waals surface area contributed by atoms with E-state index in [1.54, 1.807) is 0 Å². The van der Waals surface area contributed by atoms with Crippen molar-refractivity contribution in [3.05, 3.63) is 11.1 Å². The van der Waals surface area contributed by atoms with Crippen molar-refractivity contribution in [2.45, 2.75) is 32.8 Å². The highest BCUT2D eigenvalue weighted by Gasteiger charge is 2.27. The van der Waals surface area contributed by atoms with E-state index in [1.807, 2.05) is 6.92 Å². The molecule has 0 radical (unpaired) electrons. The Morgan fingerprint density at radius 2 is 2.09 bits per heavy atom. The van der Waals surface area contributed by atoms with Crippen LogP contribution in [0.4, 0.5) is 0 Å². The average Bonchev–Trinajstić information content (AvgIpc) is 2.17. The van der Waals surface area contributed by atoms with E-state index >= 15 is 0 Å². The third-order valence-electron chi connectivity index (χ3n) is 2.65. The lowest BCUT2D eigenvalue weighted by atomic mass is 9.97. The Morgan fingerprint density at radius 3 is 2.45 bits per heavy atom. The molecule has 0 amide bonds. The van der Waals surface area contributed by atoms with Gasteiger partial charge in [-0.15, -0.1) is 0 Å². The maximum Gasteiger partial charge on any atom is 0.0643 e. The molecular weight excluding hydrogens is 140 g/mol. The minimum absolute atomic E-state index is 0.173. The first-order valence-electron chi connectivity index (χ1n) is 4.12. The first-order chi connectivity index (χ1) is 5.16. The number of rotatable bonds is 2. The minimum Gasteiger partial charge on any atom is -0.396 e. The smallest absolute Gasteiger partial charge is 0.0643 e. The highest BCUT2D eigenvalue weighted by Crippen LogP contribution is 2.33. The van der Waals surface area contributed by atoms with Gasteiger partial charge in [0.05, 0.1) is 6.10 Å². The van der Waals surface area contributed by atoms with E-state index in [0.717, 1.165) is 6.42 Å². The van der Waals surface area contributed by atoms with Crippen LogP contribution in [0.25, 0.3) is 0 Å². The zero-order valence-electron chi connectivity index (χ0n) is 7.17. The molecule has 0 fully saturated rings. The molecular formula is C9H16O2. The van der Waals surface area contributed by atoms with Gasteiger partial charge in [0.2, 0.25) is 0 Å². The minimum atomic E-state index is -0.248. The van der Waals surface area contributed by atoms with Crippen LogP contribution in [0.15, 0.2) is 11.1 Å². The lowest BCUT2D eigenvalue weighted by Crippen LogP contribution is -2.16. The van der Waals surface area contributed by atoms with Crippen molar-refractivity contribution in [3.63, 3.8) is 0 Å². The normalized spacial score (nSPS) is 31.6. The summed E-state index contributed by atoms with van der Waals surface area (Å²) in [4.78, 5) is 0. The van der Waals surface area contributed by atoms with Gasteiger partial charge < -0.3 is 10.2 Å². The Labute approximate surface area is 67.6 Å². The number of hydrogen-bond acceptors (Lipinski definition) is 2. The molecule has 2 nitrogen and oxygen atoms in total. The van der Waals surface area contributed by atoms with E-state index < -0.39 is 0 Å². The van der Waals surface area contributed by atoms with Gasteiger partial charge in [0.25, 0.3) is 0 Å². The van der Waals surface area contributed by atoms with Gasteiger partial charge >= 0.3 is 0 Å². The van der Waals surface area contributed by atoms with Crippen molar-refractivity contribution in [3.8, 4) is 0 Å². The Balaban J connectivity index is 2.63. The molecule has 1 aliphatic carbocycles. The van der Waals surface area contributed by atoms with E-state index in [1.165, 1.54) is 11.1 Å². The van der Waals surface area contributed by atoms with Crippen LogP contribution in [0.3, 0.4) is 0 Å². The Kier molecular flexibility index (Phi) is 2.68. The molecule has 0 aromatic rings. The SMILES string of the molecule is CC1=C(C)C(CCO)C(O)C1. The second-order valence-corrected chi connectivity index (χ2v) is 3.35. The predicted molar refractivity (Wildman–Crippen MR) is 44.2 cm³/mol. The second-order valence-electron chi connectivity index (χ2n) is 3.35. The number of aliphatic hydroxyl groups excluding tert-OH is 2. The molecule has 0 saturated heterocycles. The fourth-order valence-electron chi connectivity index (χ4n) is 1.77. The molecule has 2 atom stereocenters. The van der Waals surface area contributed by atoms with Crippen molar-refractivity contribution < 1.29 is 10.2 Å². The van der Waals surface area contributed by atoms with Gasteiger partial charge in [-0.05, 0) is 26.7 Å². The Bertz CT molecular complexity index is 172. The summed E-state index contributed by atoms with van der Waals surface area (Å²) in [6, 6.07) is 0. The van der Waals surface area contributed by atoms with Gasteiger partial charge in [0.15, 0.2) is 0 Å². The summed E-state index contributed by atoms with van der Waals surface area (Å²) in [6.45, 7) is 4.27. The van der Waals surface area contributed by atoms with Crippen molar-refractivity contribution in [2.75, 3.05) is 6.61 Å². The van der Waals surface area contributed by atoms with E-state index in [2.05, 4.69) is 6.92 Å². The topological polar surface area (TPSA) is 40.5 Å². The second kappa shape index (κ2) is 3.37. The van der Waals surface area contributed by atoms with Gasteiger partial charge in [-0.25, -0.2) is 0 Å². The van der Waals surface area contributed by atoms with Gasteiger partial charge in [0, 0.05) is 12.5 Å². The summed E-state index contributed by atoms with van der Waals surface area (Å²) in [7, 11) is 0. The van der Waals surface area contributed by atoms with Crippen LogP contribution >= 0.6 is 0 Å². The van der Waals surface area contributed by atoms with Crippen LogP contribution in [-0.4, -0.2) is 22.9 Å². The van der Waals surface area contributed by atoms with Crippen molar-refractivity contribution >= 4 is 0 Å².